The molecule has 0 unspecified atom stereocenters. The van der Waals surface area contributed by atoms with E-state index in [1.165, 1.54) is 6.42 Å². The topological polar surface area (TPSA) is 74.3 Å². The number of likely N-dealkylation sites (tertiary alicyclic amines) is 1. The normalized spacial score (nSPS) is 19.4. The second-order valence-electron chi connectivity index (χ2n) is 5.78. The molecule has 0 spiro atoms. The van der Waals surface area contributed by atoms with Gasteiger partial charge < -0.3 is 15.5 Å². The quantitative estimate of drug-likeness (QED) is 0.888. The van der Waals surface area contributed by atoms with E-state index >= 15 is 0 Å². The molecule has 0 aliphatic carbocycles. The largest absolute Gasteiger partial charge is 0.338 e. The fraction of sp³-hybridized carbons (Fsp3) is 0.562. The second kappa shape index (κ2) is 7.77. The molecule has 1 aromatic heterocycles. The molecule has 1 saturated heterocycles. The standard InChI is InChI=1S/C16H24N4O2/c1-12-5-3-4-10-20(12)15(21)13(2)19-16(22)18-11-14-6-8-17-9-7-14/h6-9,12-13H,3-5,10-11H2,1-2H3,(H2,18,19,22)/t12-,13+/m1/s1. The first-order chi connectivity index (χ1) is 10.6. The number of urea groups is 1. The summed E-state index contributed by atoms with van der Waals surface area (Å²) in [5.74, 6) is -0.00809. The predicted octanol–water partition coefficient (Wildman–Crippen LogP) is 1.67. The smallest absolute Gasteiger partial charge is 0.315 e. The highest BCUT2D eigenvalue weighted by Crippen LogP contribution is 2.17. The predicted molar refractivity (Wildman–Crippen MR) is 84.1 cm³/mol. The summed E-state index contributed by atoms with van der Waals surface area (Å²) in [6.07, 6.45) is 6.60. The van der Waals surface area contributed by atoms with Crippen molar-refractivity contribution in [1.82, 2.24) is 20.5 Å². The molecule has 6 nitrogen and oxygen atoms in total. The van der Waals surface area contributed by atoms with E-state index in [2.05, 4.69) is 22.5 Å². The average molecular weight is 304 g/mol. The van der Waals surface area contributed by atoms with Crippen molar-refractivity contribution in [3.05, 3.63) is 30.1 Å². The van der Waals surface area contributed by atoms with Gasteiger partial charge in [-0.05, 0) is 50.8 Å². The summed E-state index contributed by atoms with van der Waals surface area (Å²) < 4.78 is 0. The molecule has 0 aromatic carbocycles. The Morgan fingerprint density at radius 3 is 2.77 bits per heavy atom. The fourth-order valence-electron chi connectivity index (χ4n) is 2.67. The SMILES string of the molecule is C[C@H](NC(=O)NCc1ccncc1)C(=O)N1CCCC[C@H]1C. The first-order valence-electron chi connectivity index (χ1n) is 7.81. The van der Waals surface area contributed by atoms with E-state index in [1.54, 1.807) is 19.3 Å². The first kappa shape index (κ1) is 16.3. The van der Waals surface area contributed by atoms with Crippen molar-refractivity contribution >= 4 is 11.9 Å². The number of carbonyl (C=O) groups is 2. The van der Waals surface area contributed by atoms with Gasteiger partial charge in [-0.25, -0.2) is 4.79 Å². The van der Waals surface area contributed by atoms with Crippen molar-refractivity contribution in [2.45, 2.75) is 51.7 Å². The number of pyridine rings is 1. The minimum atomic E-state index is -0.516. The summed E-state index contributed by atoms with van der Waals surface area (Å²) in [6.45, 7) is 4.99. The number of nitrogens with zero attached hydrogens (tertiary/aromatic N) is 2. The summed E-state index contributed by atoms with van der Waals surface area (Å²) >= 11 is 0. The van der Waals surface area contributed by atoms with Crippen LogP contribution in [0.2, 0.25) is 0 Å². The molecule has 2 N–H and O–H groups in total. The Balaban J connectivity index is 1.79. The average Bonchev–Trinajstić information content (AvgIpc) is 2.53. The van der Waals surface area contributed by atoms with E-state index in [1.807, 2.05) is 17.0 Å². The van der Waals surface area contributed by atoms with Crippen molar-refractivity contribution in [3.8, 4) is 0 Å². The van der Waals surface area contributed by atoms with E-state index in [0.717, 1.165) is 24.9 Å². The van der Waals surface area contributed by atoms with Gasteiger partial charge >= 0.3 is 6.03 Å². The number of aromatic nitrogens is 1. The number of amides is 3. The van der Waals surface area contributed by atoms with Crippen LogP contribution in [-0.4, -0.2) is 40.5 Å². The Labute approximate surface area is 131 Å². The van der Waals surface area contributed by atoms with E-state index in [0.29, 0.717) is 6.54 Å². The summed E-state index contributed by atoms with van der Waals surface area (Å²) in [5, 5.41) is 5.46. The molecule has 1 fully saturated rings. The number of hydrogen-bond donors (Lipinski definition) is 2. The van der Waals surface area contributed by atoms with Crippen LogP contribution in [0.4, 0.5) is 4.79 Å². The van der Waals surface area contributed by atoms with Gasteiger partial charge in [-0.1, -0.05) is 0 Å². The van der Waals surface area contributed by atoms with Crippen LogP contribution in [-0.2, 0) is 11.3 Å². The number of rotatable bonds is 4. The molecule has 1 aliphatic heterocycles. The Hall–Kier alpha value is -2.11. The minimum Gasteiger partial charge on any atom is -0.338 e. The Bertz CT molecular complexity index is 506. The number of carbonyl (C=O) groups excluding carboxylic acids is 2. The Kier molecular flexibility index (Phi) is 5.75. The molecule has 0 saturated carbocycles. The van der Waals surface area contributed by atoms with Gasteiger partial charge in [0.2, 0.25) is 5.91 Å². The van der Waals surface area contributed by atoms with Gasteiger partial charge in [0.25, 0.3) is 0 Å². The van der Waals surface area contributed by atoms with Crippen LogP contribution < -0.4 is 10.6 Å². The molecule has 22 heavy (non-hydrogen) atoms. The van der Waals surface area contributed by atoms with Gasteiger partial charge in [0.15, 0.2) is 0 Å². The van der Waals surface area contributed by atoms with Crippen LogP contribution >= 0.6 is 0 Å². The minimum absolute atomic E-state index is 0.00809. The van der Waals surface area contributed by atoms with Gasteiger partial charge in [-0.3, -0.25) is 9.78 Å². The van der Waals surface area contributed by atoms with Crippen molar-refractivity contribution in [2.75, 3.05) is 6.54 Å². The van der Waals surface area contributed by atoms with Crippen molar-refractivity contribution < 1.29 is 9.59 Å². The zero-order chi connectivity index (χ0) is 15.9. The third-order valence-corrected chi connectivity index (χ3v) is 4.01. The van der Waals surface area contributed by atoms with Gasteiger partial charge in [-0.2, -0.15) is 0 Å². The highest BCUT2D eigenvalue weighted by molar-refractivity contribution is 5.86. The first-order valence-corrected chi connectivity index (χ1v) is 7.81. The molecule has 1 aliphatic rings. The maximum atomic E-state index is 12.4. The molecule has 2 rings (SSSR count). The molecule has 120 valence electrons. The van der Waals surface area contributed by atoms with Gasteiger partial charge in [0, 0.05) is 31.5 Å². The second-order valence-corrected chi connectivity index (χ2v) is 5.78. The monoisotopic (exact) mass is 304 g/mol. The number of nitrogens with one attached hydrogen (secondary N) is 2. The molecule has 0 bridgehead atoms. The van der Waals surface area contributed by atoms with E-state index in [4.69, 9.17) is 0 Å². The summed E-state index contributed by atoms with van der Waals surface area (Å²) in [7, 11) is 0. The van der Waals surface area contributed by atoms with Crippen molar-refractivity contribution in [3.63, 3.8) is 0 Å². The molecular weight excluding hydrogens is 280 g/mol. The molecule has 3 amide bonds. The van der Waals surface area contributed by atoms with Gasteiger partial charge in [0.05, 0.1) is 0 Å². The maximum Gasteiger partial charge on any atom is 0.315 e. The van der Waals surface area contributed by atoms with E-state index < -0.39 is 6.04 Å². The summed E-state index contributed by atoms with van der Waals surface area (Å²) in [6, 6.07) is 3.08. The van der Waals surface area contributed by atoms with Crippen LogP contribution in [0.3, 0.4) is 0 Å². The lowest BCUT2D eigenvalue weighted by atomic mass is 10.0. The third-order valence-electron chi connectivity index (χ3n) is 4.01. The third kappa shape index (κ3) is 4.44. The van der Waals surface area contributed by atoms with Crippen LogP contribution in [0.25, 0.3) is 0 Å². The fourth-order valence-corrected chi connectivity index (χ4v) is 2.67. The van der Waals surface area contributed by atoms with Crippen molar-refractivity contribution in [1.29, 1.82) is 0 Å². The molecule has 6 heteroatoms. The number of hydrogen-bond acceptors (Lipinski definition) is 3. The molecule has 2 heterocycles. The van der Waals surface area contributed by atoms with Crippen LogP contribution in [0.1, 0.15) is 38.7 Å². The van der Waals surface area contributed by atoms with E-state index in [9.17, 15) is 9.59 Å². The lowest BCUT2D eigenvalue weighted by molar-refractivity contribution is -0.136. The van der Waals surface area contributed by atoms with Gasteiger partial charge in [0.1, 0.15) is 6.04 Å². The Morgan fingerprint density at radius 2 is 2.09 bits per heavy atom. The Morgan fingerprint density at radius 1 is 1.36 bits per heavy atom. The molecule has 0 radical (unpaired) electrons. The molecule has 1 aromatic rings. The van der Waals surface area contributed by atoms with Gasteiger partial charge in [-0.15, -0.1) is 0 Å². The zero-order valence-corrected chi connectivity index (χ0v) is 13.2. The lowest BCUT2D eigenvalue weighted by Gasteiger charge is -2.35. The maximum absolute atomic E-state index is 12.4. The molecule has 2 atom stereocenters. The summed E-state index contributed by atoms with van der Waals surface area (Å²) in [4.78, 5) is 30.1. The van der Waals surface area contributed by atoms with E-state index in [-0.39, 0.29) is 18.0 Å². The zero-order valence-electron chi connectivity index (χ0n) is 13.2. The van der Waals surface area contributed by atoms with Crippen LogP contribution in [0, 0.1) is 0 Å². The van der Waals surface area contributed by atoms with Crippen molar-refractivity contribution in [2.24, 2.45) is 0 Å². The number of piperidine rings is 1. The van der Waals surface area contributed by atoms with Crippen LogP contribution in [0.15, 0.2) is 24.5 Å². The van der Waals surface area contributed by atoms with Crippen LogP contribution in [0.5, 0.6) is 0 Å². The molecular formula is C16H24N4O2. The highest BCUT2D eigenvalue weighted by atomic mass is 16.2. The lowest BCUT2D eigenvalue weighted by Crippen LogP contribution is -2.53. The summed E-state index contributed by atoms with van der Waals surface area (Å²) in [5.41, 5.74) is 0.966. The highest BCUT2D eigenvalue weighted by Gasteiger charge is 2.27.